The van der Waals surface area contributed by atoms with Gasteiger partial charge in [0.15, 0.2) is 0 Å². The first-order valence-corrected chi connectivity index (χ1v) is 9.31. The lowest BCUT2D eigenvalue weighted by molar-refractivity contribution is -0.120. The van der Waals surface area contributed by atoms with Crippen molar-refractivity contribution < 1.29 is 4.79 Å². The molecule has 0 fully saturated rings. The van der Waals surface area contributed by atoms with Gasteiger partial charge in [-0.15, -0.1) is 11.3 Å². The molecule has 6 heteroatoms. The number of hydrogen-bond acceptors (Lipinski definition) is 5. The second kappa shape index (κ2) is 8.07. The topological polar surface area (TPSA) is 66.9 Å². The van der Waals surface area contributed by atoms with Gasteiger partial charge in [-0.3, -0.25) is 4.79 Å². The minimum atomic E-state index is 0.0556. The van der Waals surface area contributed by atoms with E-state index in [1.807, 2.05) is 18.2 Å². The first-order valence-electron chi connectivity index (χ1n) is 8.43. The van der Waals surface area contributed by atoms with Gasteiger partial charge in [0, 0.05) is 30.5 Å². The molecule has 130 valence electrons. The van der Waals surface area contributed by atoms with Crippen LogP contribution in [-0.2, 0) is 4.79 Å². The third-order valence-corrected chi connectivity index (χ3v) is 4.69. The van der Waals surface area contributed by atoms with Crippen LogP contribution < -0.4 is 10.6 Å². The van der Waals surface area contributed by atoms with Gasteiger partial charge in [0.05, 0.1) is 5.39 Å². The quantitative estimate of drug-likeness (QED) is 0.674. The van der Waals surface area contributed by atoms with Gasteiger partial charge in [0.25, 0.3) is 0 Å². The van der Waals surface area contributed by atoms with Gasteiger partial charge in [0.1, 0.15) is 17.0 Å². The summed E-state index contributed by atoms with van der Waals surface area (Å²) in [5, 5.41) is 9.35. The third-order valence-electron chi connectivity index (χ3n) is 3.81. The summed E-state index contributed by atoms with van der Waals surface area (Å²) in [6, 6.07) is 10.2. The molecule has 3 aromatic rings. The van der Waals surface area contributed by atoms with E-state index in [0.717, 1.165) is 27.2 Å². The number of benzene rings is 1. The van der Waals surface area contributed by atoms with Crippen molar-refractivity contribution >= 4 is 33.3 Å². The Labute approximate surface area is 151 Å². The molecule has 0 unspecified atom stereocenters. The van der Waals surface area contributed by atoms with Crippen LogP contribution in [0.4, 0.5) is 5.82 Å². The summed E-state index contributed by atoms with van der Waals surface area (Å²) < 4.78 is 0. The molecule has 1 aromatic carbocycles. The summed E-state index contributed by atoms with van der Waals surface area (Å²) in [6.45, 7) is 5.41. The molecule has 3 rings (SSSR count). The first kappa shape index (κ1) is 17.4. The van der Waals surface area contributed by atoms with Gasteiger partial charge < -0.3 is 10.6 Å². The standard InChI is InChI=1S/C19H22N4OS/c1-13(2)10-21-16(24)8-9-20-18-17-15(14-6-4-3-5-7-14)11-25-19(17)23-12-22-18/h3-7,11-13H,8-10H2,1-2H3,(H,21,24)(H,20,22,23). The number of thiophene rings is 1. The lowest BCUT2D eigenvalue weighted by Gasteiger charge is -2.10. The van der Waals surface area contributed by atoms with E-state index in [1.54, 1.807) is 17.7 Å². The van der Waals surface area contributed by atoms with Gasteiger partial charge in [-0.25, -0.2) is 9.97 Å². The molecule has 0 aliphatic heterocycles. The van der Waals surface area contributed by atoms with E-state index in [2.05, 4.69) is 52.0 Å². The fourth-order valence-electron chi connectivity index (χ4n) is 2.54. The summed E-state index contributed by atoms with van der Waals surface area (Å²) in [5.74, 6) is 1.29. The molecule has 0 spiro atoms. The largest absolute Gasteiger partial charge is 0.369 e. The second-order valence-electron chi connectivity index (χ2n) is 6.29. The van der Waals surface area contributed by atoms with Crippen molar-refractivity contribution in [3.63, 3.8) is 0 Å². The number of nitrogens with zero attached hydrogens (tertiary/aromatic N) is 2. The van der Waals surface area contributed by atoms with Gasteiger partial charge in [-0.2, -0.15) is 0 Å². The highest BCUT2D eigenvalue weighted by molar-refractivity contribution is 7.17. The van der Waals surface area contributed by atoms with Gasteiger partial charge in [-0.1, -0.05) is 44.2 Å². The summed E-state index contributed by atoms with van der Waals surface area (Å²) in [5.41, 5.74) is 2.26. The Morgan fingerprint density at radius 3 is 2.76 bits per heavy atom. The molecule has 0 radical (unpaired) electrons. The van der Waals surface area contributed by atoms with Crippen molar-refractivity contribution in [1.29, 1.82) is 0 Å². The minimum Gasteiger partial charge on any atom is -0.369 e. The monoisotopic (exact) mass is 354 g/mol. The summed E-state index contributed by atoms with van der Waals surface area (Å²) in [7, 11) is 0. The smallest absolute Gasteiger partial charge is 0.221 e. The Morgan fingerprint density at radius 2 is 2.00 bits per heavy atom. The van der Waals surface area contributed by atoms with Gasteiger partial charge in [0.2, 0.25) is 5.91 Å². The third kappa shape index (κ3) is 4.33. The highest BCUT2D eigenvalue weighted by atomic mass is 32.1. The number of hydrogen-bond donors (Lipinski definition) is 2. The lowest BCUT2D eigenvalue weighted by Crippen LogP contribution is -2.28. The molecule has 0 bridgehead atoms. The van der Waals surface area contributed by atoms with Crippen LogP contribution >= 0.6 is 11.3 Å². The number of fused-ring (bicyclic) bond motifs is 1. The van der Waals surface area contributed by atoms with Crippen LogP contribution in [0.15, 0.2) is 42.0 Å². The molecule has 0 aliphatic carbocycles. The molecule has 0 atom stereocenters. The van der Waals surface area contributed by atoms with Gasteiger partial charge in [-0.05, 0) is 11.5 Å². The van der Waals surface area contributed by atoms with E-state index in [-0.39, 0.29) is 5.91 Å². The van der Waals surface area contributed by atoms with Crippen molar-refractivity contribution in [1.82, 2.24) is 15.3 Å². The van der Waals surface area contributed by atoms with Crippen LogP contribution in [0.2, 0.25) is 0 Å². The number of amides is 1. The van der Waals surface area contributed by atoms with Crippen LogP contribution in [0.25, 0.3) is 21.3 Å². The van der Waals surface area contributed by atoms with Crippen LogP contribution in [0.1, 0.15) is 20.3 Å². The normalized spacial score (nSPS) is 11.0. The van der Waals surface area contributed by atoms with Crippen LogP contribution in [-0.4, -0.2) is 29.0 Å². The number of anilines is 1. The van der Waals surface area contributed by atoms with Crippen molar-refractivity contribution in [3.05, 3.63) is 42.0 Å². The highest BCUT2D eigenvalue weighted by Crippen LogP contribution is 2.36. The summed E-state index contributed by atoms with van der Waals surface area (Å²) >= 11 is 1.60. The molecule has 2 aromatic heterocycles. The molecule has 5 nitrogen and oxygen atoms in total. The average molecular weight is 354 g/mol. The Morgan fingerprint density at radius 1 is 1.20 bits per heavy atom. The Bertz CT molecular complexity index is 845. The number of nitrogens with one attached hydrogen (secondary N) is 2. The molecule has 2 N–H and O–H groups in total. The van der Waals surface area contributed by atoms with E-state index in [1.165, 1.54) is 0 Å². The summed E-state index contributed by atoms with van der Waals surface area (Å²) in [6.07, 6.45) is 1.98. The number of carbonyl (C=O) groups is 1. The zero-order valence-corrected chi connectivity index (χ0v) is 15.3. The molecule has 0 aliphatic rings. The molecular weight excluding hydrogens is 332 g/mol. The maximum absolute atomic E-state index is 11.9. The molecule has 0 saturated heterocycles. The predicted octanol–water partition coefficient (Wildman–Crippen LogP) is 3.93. The minimum absolute atomic E-state index is 0.0556. The number of aromatic nitrogens is 2. The molecule has 0 saturated carbocycles. The number of rotatable bonds is 7. The Hall–Kier alpha value is -2.47. The fourth-order valence-corrected chi connectivity index (χ4v) is 3.46. The van der Waals surface area contributed by atoms with Gasteiger partial charge >= 0.3 is 0 Å². The molecular formula is C19H22N4OS. The maximum atomic E-state index is 11.9. The van der Waals surface area contributed by atoms with Crippen molar-refractivity contribution in [3.8, 4) is 11.1 Å². The summed E-state index contributed by atoms with van der Waals surface area (Å²) in [4.78, 5) is 21.6. The van der Waals surface area contributed by atoms with E-state index >= 15 is 0 Å². The van der Waals surface area contributed by atoms with E-state index in [0.29, 0.717) is 25.4 Å². The van der Waals surface area contributed by atoms with E-state index in [4.69, 9.17) is 0 Å². The van der Waals surface area contributed by atoms with Crippen LogP contribution in [0, 0.1) is 5.92 Å². The van der Waals surface area contributed by atoms with E-state index < -0.39 is 0 Å². The average Bonchev–Trinajstić information content (AvgIpc) is 3.06. The fraction of sp³-hybridized carbons (Fsp3) is 0.316. The van der Waals surface area contributed by atoms with Crippen molar-refractivity contribution in [2.75, 3.05) is 18.4 Å². The molecule has 1 amide bonds. The lowest BCUT2D eigenvalue weighted by atomic mass is 10.1. The van der Waals surface area contributed by atoms with Crippen molar-refractivity contribution in [2.45, 2.75) is 20.3 Å². The predicted molar refractivity (Wildman–Crippen MR) is 104 cm³/mol. The second-order valence-corrected chi connectivity index (χ2v) is 7.15. The highest BCUT2D eigenvalue weighted by Gasteiger charge is 2.13. The first-order chi connectivity index (χ1) is 12.1. The molecule has 25 heavy (non-hydrogen) atoms. The maximum Gasteiger partial charge on any atom is 0.221 e. The van der Waals surface area contributed by atoms with Crippen LogP contribution in [0.5, 0.6) is 0 Å². The Kier molecular flexibility index (Phi) is 5.60. The molecule has 2 heterocycles. The van der Waals surface area contributed by atoms with Crippen molar-refractivity contribution in [2.24, 2.45) is 5.92 Å². The SMILES string of the molecule is CC(C)CNC(=O)CCNc1ncnc2scc(-c3ccccc3)c12. The van der Waals surface area contributed by atoms with E-state index in [9.17, 15) is 4.79 Å². The zero-order valence-electron chi connectivity index (χ0n) is 14.5. The number of carbonyl (C=O) groups excluding carboxylic acids is 1. The Balaban J connectivity index is 1.74. The zero-order chi connectivity index (χ0) is 17.6. The van der Waals surface area contributed by atoms with Crippen LogP contribution in [0.3, 0.4) is 0 Å².